The van der Waals surface area contributed by atoms with Crippen molar-refractivity contribution in [3.8, 4) is 0 Å². The first kappa shape index (κ1) is 13.3. The van der Waals surface area contributed by atoms with Crippen LogP contribution in [0.25, 0.3) is 0 Å². The van der Waals surface area contributed by atoms with Gasteiger partial charge in [0.15, 0.2) is 12.0 Å². The molecule has 0 N–H and O–H groups in total. The minimum absolute atomic E-state index is 0.421. The van der Waals surface area contributed by atoms with E-state index < -0.39 is 0 Å². The van der Waals surface area contributed by atoms with Crippen LogP contribution in [-0.4, -0.2) is 48.8 Å². The molecule has 1 atom stereocenters. The Morgan fingerprint density at radius 3 is 2.94 bits per heavy atom. The molecule has 0 aliphatic carbocycles. The fourth-order valence-electron chi connectivity index (χ4n) is 2.63. The second kappa shape index (κ2) is 6.16. The molecule has 1 aromatic heterocycles. The predicted molar refractivity (Wildman–Crippen MR) is 70.7 cm³/mol. The van der Waals surface area contributed by atoms with Crippen molar-refractivity contribution in [2.75, 3.05) is 26.7 Å². The SMILES string of the molecule is CCC1CN(C)CCCN1Cc1ccc(C=O)o1. The van der Waals surface area contributed by atoms with E-state index in [2.05, 4.69) is 23.8 Å². The second-order valence-electron chi connectivity index (χ2n) is 5.07. The van der Waals surface area contributed by atoms with E-state index >= 15 is 0 Å². The van der Waals surface area contributed by atoms with Crippen molar-refractivity contribution in [1.82, 2.24) is 9.80 Å². The van der Waals surface area contributed by atoms with Crippen molar-refractivity contribution in [1.29, 1.82) is 0 Å². The normalized spacial score (nSPS) is 22.9. The van der Waals surface area contributed by atoms with Crippen molar-refractivity contribution in [3.05, 3.63) is 23.7 Å². The molecular weight excluding hydrogens is 228 g/mol. The molecule has 4 nitrogen and oxygen atoms in total. The number of hydrogen-bond donors (Lipinski definition) is 0. The van der Waals surface area contributed by atoms with Gasteiger partial charge in [-0.25, -0.2) is 0 Å². The molecule has 1 fully saturated rings. The summed E-state index contributed by atoms with van der Waals surface area (Å²) in [6.07, 6.45) is 3.09. The van der Waals surface area contributed by atoms with Crippen molar-refractivity contribution in [3.63, 3.8) is 0 Å². The van der Waals surface area contributed by atoms with E-state index in [-0.39, 0.29) is 0 Å². The van der Waals surface area contributed by atoms with E-state index in [0.29, 0.717) is 11.8 Å². The zero-order valence-corrected chi connectivity index (χ0v) is 11.3. The molecule has 0 radical (unpaired) electrons. The third-order valence-electron chi connectivity index (χ3n) is 3.65. The summed E-state index contributed by atoms with van der Waals surface area (Å²) in [5, 5.41) is 0. The van der Waals surface area contributed by atoms with Crippen LogP contribution in [0.5, 0.6) is 0 Å². The maximum Gasteiger partial charge on any atom is 0.185 e. The molecule has 2 heterocycles. The molecule has 1 aromatic rings. The molecule has 0 bridgehead atoms. The lowest BCUT2D eigenvalue weighted by Gasteiger charge is -2.29. The van der Waals surface area contributed by atoms with E-state index in [1.807, 2.05) is 6.07 Å². The van der Waals surface area contributed by atoms with Gasteiger partial charge in [-0.15, -0.1) is 0 Å². The summed E-state index contributed by atoms with van der Waals surface area (Å²) in [5.74, 6) is 1.31. The fraction of sp³-hybridized carbons (Fsp3) is 0.643. The van der Waals surface area contributed by atoms with Gasteiger partial charge in [0.1, 0.15) is 5.76 Å². The molecule has 1 saturated heterocycles. The summed E-state index contributed by atoms with van der Waals surface area (Å²) in [6.45, 7) is 6.40. The molecular formula is C14H22N2O2. The van der Waals surface area contributed by atoms with Gasteiger partial charge >= 0.3 is 0 Å². The monoisotopic (exact) mass is 250 g/mol. The Kier molecular flexibility index (Phi) is 4.55. The molecule has 0 spiro atoms. The van der Waals surface area contributed by atoms with Gasteiger partial charge in [0.25, 0.3) is 0 Å². The molecule has 1 unspecified atom stereocenters. The number of nitrogens with zero attached hydrogens (tertiary/aromatic N) is 2. The smallest absolute Gasteiger partial charge is 0.185 e. The summed E-state index contributed by atoms with van der Waals surface area (Å²) in [5.41, 5.74) is 0. The van der Waals surface area contributed by atoms with Crippen molar-refractivity contribution in [2.24, 2.45) is 0 Å². The largest absolute Gasteiger partial charge is 0.457 e. The third kappa shape index (κ3) is 3.21. The zero-order valence-electron chi connectivity index (χ0n) is 11.3. The maximum atomic E-state index is 10.6. The highest BCUT2D eigenvalue weighted by atomic mass is 16.3. The quantitative estimate of drug-likeness (QED) is 0.766. The lowest BCUT2D eigenvalue weighted by molar-refractivity contribution is 0.109. The van der Waals surface area contributed by atoms with Gasteiger partial charge in [0.2, 0.25) is 0 Å². The summed E-state index contributed by atoms with van der Waals surface area (Å²) >= 11 is 0. The Balaban J connectivity index is 2.03. The molecule has 2 rings (SSSR count). The minimum Gasteiger partial charge on any atom is -0.457 e. The maximum absolute atomic E-state index is 10.6. The number of hydrogen-bond acceptors (Lipinski definition) is 4. The summed E-state index contributed by atoms with van der Waals surface area (Å²) in [4.78, 5) is 15.5. The van der Waals surface area contributed by atoms with Gasteiger partial charge in [-0.05, 0) is 38.6 Å². The molecule has 0 saturated carbocycles. The van der Waals surface area contributed by atoms with Gasteiger partial charge in [-0.2, -0.15) is 0 Å². The summed E-state index contributed by atoms with van der Waals surface area (Å²) in [7, 11) is 2.18. The first-order valence-electron chi connectivity index (χ1n) is 6.69. The first-order chi connectivity index (χ1) is 8.72. The van der Waals surface area contributed by atoms with Crippen molar-refractivity contribution < 1.29 is 9.21 Å². The molecule has 4 heteroatoms. The Bertz CT molecular complexity index is 389. The predicted octanol–water partition coefficient (Wildman–Crippen LogP) is 2.01. The van der Waals surface area contributed by atoms with Crippen LogP contribution >= 0.6 is 0 Å². The number of aldehydes is 1. The van der Waals surface area contributed by atoms with Gasteiger partial charge in [0.05, 0.1) is 6.54 Å². The van der Waals surface area contributed by atoms with Gasteiger partial charge in [-0.1, -0.05) is 6.92 Å². The van der Waals surface area contributed by atoms with Crippen LogP contribution in [0, 0.1) is 0 Å². The second-order valence-corrected chi connectivity index (χ2v) is 5.07. The molecule has 0 amide bonds. The number of carbonyl (C=O) groups excluding carboxylic acids is 1. The first-order valence-corrected chi connectivity index (χ1v) is 6.69. The molecule has 0 aromatic carbocycles. The van der Waals surface area contributed by atoms with Crippen LogP contribution in [0.1, 0.15) is 36.1 Å². The molecule has 1 aliphatic heterocycles. The van der Waals surface area contributed by atoms with E-state index in [1.165, 1.54) is 6.42 Å². The number of likely N-dealkylation sites (N-methyl/N-ethyl adjacent to an activating group) is 1. The number of furan rings is 1. The van der Waals surface area contributed by atoms with E-state index in [1.54, 1.807) is 6.07 Å². The molecule has 18 heavy (non-hydrogen) atoms. The van der Waals surface area contributed by atoms with Gasteiger partial charge in [-0.3, -0.25) is 9.69 Å². The average Bonchev–Trinajstić information content (AvgIpc) is 2.74. The van der Waals surface area contributed by atoms with E-state index in [0.717, 1.165) is 44.6 Å². The number of rotatable bonds is 4. The van der Waals surface area contributed by atoms with Crippen molar-refractivity contribution >= 4 is 6.29 Å². The van der Waals surface area contributed by atoms with Crippen LogP contribution in [0.4, 0.5) is 0 Å². The Morgan fingerprint density at radius 1 is 1.44 bits per heavy atom. The van der Waals surface area contributed by atoms with Crippen LogP contribution in [0.2, 0.25) is 0 Å². The fourth-order valence-corrected chi connectivity index (χ4v) is 2.63. The minimum atomic E-state index is 0.421. The zero-order chi connectivity index (χ0) is 13.0. The van der Waals surface area contributed by atoms with Crippen LogP contribution < -0.4 is 0 Å². The van der Waals surface area contributed by atoms with Gasteiger partial charge in [0, 0.05) is 19.1 Å². The third-order valence-corrected chi connectivity index (χ3v) is 3.65. The topological polar surface area (TPSA) is 36.7 Å². The lowest BCUT2D eigenvalue weighted by atomic mass is 10.2. The Morgan fingerprint density at radius 2 is 2.28 bits per heavy atom. The van der Waals surface area contributed by atoms with Crippen LogP contribution in [-0.2, 0) is 6.54 Å². The highest BCUT2D eigenvalue weighted by molar-refractivity contribution is 5.70. The van der Waals surface area contributed by atoms with Gasteiger partial charge < -0.3 is 9.32 Å². The van der Waals surface area contributed by atoms with Crippen LogP contribution in [0.15, 0.2) is 16.5 Å². The highest BCUT2D eigenvalue weighted by Crippen LogP contribution is 2.17. The lowest BCUT2D eigenvalue weighted by Crippen LogP contribution is -2.39. The van der Waals surface area contributed by atoms with E-state index in [9.17, 15) is 4.79 Å². The molecule has 100 valence electrons. The van der Waals surface area contributed by atoms with Crippen molar-refractivity contribution in [2.45, 2.75) is 32.4 Å². The van der Waals surface area contributed by atoms with E-state index in [4.69, 9.17) is 4.42 Å². The number of carbonyl (C=O) groups is 1. The highest BCUT2D eigenvalue weighted by Gasteiger charge is 2.22. The standard InChI is InChI=1S/C14H22N2O2/c1-3-12-9-15(2)7-4-8-16(12)10-13-5-6-14(11-17)18-13/h5-6,11-12H,3-4,7-10H2,1-2H3. The summed E-state index contributed by atoms with van der Waals surface area (Å²) in [6, 6.07) is 4.22. The summed E-state index contributed by atoms with van der Waals surface area (Å²) < 4.78 is 5.47. The Hall–Kier alpha value is -1.13. The molecule has 1 aliphatic rings. The van der Waals surface area contributed by atoms with Crippen LogP contribution in [0.3, 0.4) is 0 Å². The Labute approximate surface area is 109 Å². The average molecular weight is 250 g/mol.